The van der Waals surface area contributed by atoms with Crippen molar-refractivity contribution in [3.05, 3.63) is 45.6 Å². The first-order valence-electron chi connectivity index (χ1n) is 10.2. The lowest BCUT2D eigenvalue weighted by atomic mass is 9.97. The number of halogens is 1. The van der Waals surface area contributed by atoms with Crippen molar-refractivity contribution in [3.63, 3.8) is 0 Å². The van der Waals surface area contributed by atoms with E-state index in [4.69, 9.17) is 9.15 Å². The first-order chi connectivity index (χ1) is 14.3. The Labute approximate surface area is 190 Å². The summed E-state index contributed by atoms with van der Waals surface area (Å²) in [5, 5.41) is 10.9. The lowest BCUT2D eigenvalue weighted by molar-refractivity contribution is 0.0234. The van der Waals surface area contributed by atoms with Crippen molar-refractivity contribution in [2.75, 3.05) is 6.54 Å². The molecule has 31 heavy (non-hydrogen) atoms. The summed E-state index contributed by atoms with van der Waals surface area (Å²) in [6.45, 7) is 12.2. The largest absolute Gasteiger partial charge is 0.444 e. The highest BCUT2D eigenvalue weighted by Gasteiger charge is 2.31. The zero-order chi connectivity index (χ0) is 23.0. The number of benzene rings is 1. The van der Waals surface area contributed by atoms with E-state index in [2.05, 4.69) is 31.4 Å². The Kier molecular flexibility index (Phi) is 6.45. The molecule has 9 heteroatoms. The van der Waals surface area contributed by atoms with E-state index < -0.39 is 11.5 Å². The Hall–Kier alpha value is -2.42. The molecule has 1 aromatic heterocycles. The van der Waals surface area contributed by atoms with E-state index in [1.54, 1.807) is 4.90 Å². The van der Waals surface area contributed by atoms with Crippen LogP contribution in [0.15, 0.2) is 27.1 Å². The van der Waals surface area contributed by atoms with Gasteiger partial charge >= 0.3 is 17.9 Å². The summed E-state index contributed by atoms with van der Waals surface area (Å²) in [6.07, 6.45) is 0.150. The van der Waals surface area contributed by atoms with Gasteiger partial charge in [-0.15, -0.1) is 10.2 Å². The molecule has 0 unspecified atom stereocenters. The standard InChI is InChI=1S/C22H29BrN4O4/c1-21(2,3)19-26-25-18(30-19)17(28)24-16-9-10-27(20(29)31-22(4,5)6)12-13-11-14(23)7-8-15(13)16/h7-8,11,16H,9-10,12H2,1-6H3,(H,24,28)/t16-/m1/s1. The fourth-order valence-electron chi connectivity index (χ4n) is 3.25. The third-order valence-electron chi connectivity index (χ3n) is 4.75. The first kappa shape index (κ1) is 23.2. The lowest BCUT2D eigenvalue weighted by Gasteiger charge is -2.26. The molecule has 168 valence electrons. The average Bonchev–Trinajstić information content (AvgIpc) is 3.07. The molecule has 0 radical (unpaired) electrons. The number of aromatic nitrogens is 2. The number of nitrogens with one attached hydrogen (secondary N) is 1. The second kappa shape index (κ2) is 8.61. The molecular formula is C22H29BrN4O4. The molecule has 0 aliphatic carbocycles. The van der Waals surface area contributed by atoms with Crippen LogP contribution in [-0.4, -0.2) is 39.2 Å². The Balaban J connectivity index is 1.82. The summed E-state index contributed by atoms with van der Waals surface area (Å²) >= 11 is 3.50. The van der Waals surface area contributed by atoms with Crippen LogP contribution >= 0.6 is 15.9 Å². The average molecular weight is 493 g/mol. The van der Waals surface area contributed by atoms with Crippen molar-refractivity contribution in [1.82, 2.24) is 20.4 Å². The van der Waals surface area contributed by atoms with Crippen LogP contribution in [0.5, 0.6) is 0 Å². The second-order valence-corrected chi connectivity index (χ2v) is 10.6. The van der Waals surface area contributed by atoms with Crippen molar-refractivity contribution in [1.29, 1.82) is 0 Å². The molecule has 1 atom stereocenters. The number of hydrogen-bond donors (Lipinski definition) is 1. The molecule has 8 nitrogen and oxygen atoms in total. The van der Waals surface area contributed by atoms with Gasteiger partial charge in [0.05, 0.1) is 6.04 Å². The number of ether oxygens (including phenoxy) is 1. The van der Waals surface area contributed by atoms with Gasteiger partial charge in [-0.3, -0.25) is 4.79 Å². The summed E-state index contributed by atoms with van der Waals surface area (Å²) in [5.41, 5.74) is 0.947. The SMILES string of the molecule is CC(C)(C)OC(=O)N1CC[C@@H](NC(=O)c2nnc(C(C)(C)C)o2)c2ccc(Br)cc2C1. The van der Waals surface area contributed by atoms with Crippen LogP contribution in [0, 0.1) is 0 Å². The van der Waals surface area contributed by atoms with E-state index in [0.29, 0.717) is 25.4 Å². The Morgan fingerprint density at radius 3 is 2.52 bits per heavy atom. The molecule has 3 rings (SSSR count). The van der Waals surface area contributed by atoms with E-state index in [0.717, 1.165) is 15.6 Å². The van der Waals surface area contributed by atoms with Crippen molar-refractivity contribution < 1.29 is 18.7 Å². The fourth-order valence-corrected chi connectivity index (χ4v) is 3.66. The topological polar surface area (TPSA) is 97.6 Å². The van der Waals surface area contributed by atoms with E-state index in [1.165, 1.54) is 0 Å². The highest BCUT2D eigenvalue weighted by atomic mass is 79.9. The van der Waals surface area contributed by atoms with Crippen molar-refractivity contribution in [2.45, 2.75) is 71.6 Å². The van der Waals surface area contributed by atoms with Gasteiger partial charge in [0, 0.05) is 23.0 Å². The monoisotopic (exact) mass is 492 g/mol. The molecule has 2 aromatic rings. The van der Waals surface area contributed by atoms with Crippen molar-refractivity contribution in [3.8, 4) is 0 Å². The van der Waals surface area contributed by atoms with Crippen LogP contribution in [0.1, 0.15) is 81.7 Å². The molecule has 0 saturated heterocycles. The molecular weight excluding hydrogens is 464 g/mol. The minimum absolute atomic E-state index is 0.0724. The van der Waals surface area contributed by atoms with Gasteiger partial charge in [0.1, 0.15) is 5.60 Å². The van der Waals surface area contributed by atoms with E-state index in [-0.39, 0.29) is 23.4 Å². The van der Waals surface area contributed by atoms with Crippen LogP contribution < -0.4 is 5.32 Å². The zero-order valence-electron chi connectivity index (χ0n) is 18.8. The lowest BCUT2D eigenvalue weighted by Crippen LogP contribution is -2.37. The number of carbonyl (C=O) groups excluding carboxylic acids is 2. The zero-order valence-corrected chi connectivity index (χ0v) is 20.4. The van der Waals surface area contributed by atoms with Gasteiger partial charge in [-0.25, -0.2) is 4.79 Å². The van der Waals surface area contributed by atoms with Gasteiger partial charge in [0.25, 0.3) is 0 Å². The molecule has 2 amide bonds. The van der Waals surface area contributed by atoms with Gasteiger partial charge in [-0.1, -0.05) is 42.8 Å². The van der Waals surface area contributed by atoms with Crippen LogP contribution in [-0.2, 0) is 16.7 Å². The van der Waals surface area contributed by atoms with Crippen LogP contribution in [0.3, 0.4) is 0 Å². The summed E-state index contributed by atoms with van der Waals surface area (Å²) in [6, 6.07) is 5.53. The summed E-state index contributed by atoms with van der Waals surface area (Å²) < 4.78 is 12.0. The number of carbonyl (C=O) groups is 2. The predicted molar refractivity (Wildman–Crippen MR) is 119 cm³/mol. The number of fused-ring (bicyclic) bond motifs is 1. The Morgan fingerprint density at radius 1 is 1.19 bits per heavy atom. The van der Waals surface area contributed by atoms with Crippen LogP contribution in [0.2, 0.25) is 0 Å². The van der Waals surface area contributed by atoms with Crippen molar-refractivity contribution >= 4 is 27.9 Å². The predicted octanol–water partition coefficient (Wildman–Crippen LogP) is 4.74. The summed E-state index contributed by atoms with van der Waals surface area (Å²) in [4.78, 5) is 27.2. The molecule has 1 aromatic carbocycles. The third kappa shape index (κ3) is 5.84. The van der Waals surface area contributed by atoms with E-state index >= 15 is 0 Å². The Morgan fingerprint density at radius 2 is 1.90 bits per heavy atom. The van der Waals surface area contributed by atoms with E-state index in [1.807, 2.05) is 59.7 Å². The minimum Gasteiger partial charge on any atom is -0.444 e. The number of rotatable bonds is 2. The first-order valence-corrected chi connectivity index (χ1v) is 11.0. The molecule has 0 bridgehead atoms. The maximum absolute atomic E-state index is 12.8. The maximum atomic E-state index is 12.8. The second-order valence-electron chi connectivity index (χ2n) is 9.72. The molecule has 0 spiro atoms. The highest BCUT2D eigenvalue weighted by Crippen LogP contribution is 2.30. The third-order valence-corrected chi connectivity index (χ3v) is 5.24. The minimum atomic E-state index is -0.584. The summed E-state index contributed by atoms with van der Waals surface area (Å²) in [5.74, 6) is -0.108. The van der Waals surface area contributed by atoms with Gasteiger partial charge in [-0.2, -0.15) is 0 Å². The quantitative estimate of drug-likeness (QED) is 0.649. The Bertz CT molecular complexity index is 975. The molecule has 1 aliphatic heterocycles. The van der Waals surface area contributed by atoms with Crippen molar-refractivity contribution in [2.24, 2.45) is 0 Å². The van der Waals surface area contributed by atoms with Gasteiger partial charge in [-0.05, 0) is 50.5 Å². The fraction of sp³-hybridized carbons (Fsp3) is 0.545. The molecule has 1 N–H and O–H groups in total. The number of hydrogen-bond acceptors (Lipinski definition) is 6. The molecule has 0 fully saturated rings. The summed E-state index contributed by atoms with van der Waals surface area (Å²) in [7, 11) is 0. The number of amides is 2. The highest BCUT2D eigenvalue weighted by molar-refractivity contribution is 9.10. The van der Waals surface area contributed by atoms with E-state index in [9.17, 15) is 9.59 Å². The van der Waals surface area contributed by atoms with Crippen LogP contribution in [0.4, 0.5) is 4.79 Å². The molecule has 0 saturated carbocycles. The molecule has 2 heterocycles. The van der Waals surface area contributed by atoms with Gasteiger partial charge in [0.2, 0.25) is 5.89 Å². The van der Waals surface area contributed by atoms with Gasteiger partial charge < -0.3 is 19.4 Å². The van der Waals surface area contributed by atoms with Crippen LogP contribution in [0.25, 0.3) is 0 Å². The normalized spacial score (nSPS) is 17.0. The smallest absolute Gasteiger partial charge is 0.410 e. The maximum Gasteiger partial charge on any atom is 0.410 e. The molecule has 1 aliphatic rings. The number of nitrogens with zero attached hydrogens (tertiary/aromatic N) is 3. The van der Waals surface area contributed by atoms with Gasteiger partial charge in [0.15, 0.2) is 0 Å².